The fourth-order valence-electron chi connectivity index (χ4n) is 2.21. The van der Waals surface area contributed by atoms with Crippen LogP contribution in [0.3, 0.4) is 0 Å². The molecule has 0 spiro atoms. The highest BCUT2D eigenvalue weighted by atomic mass is 16.5. The Hall–Kier alpha value is -3.02. The maximum atomic E-state index is 11.6. The molecule has 0 amide bonds. The first kappa shape index (κ1) is 19.3. The highest BCUT2D eigenvalue weighted by molar-refractivity contribution is 5.92. The van der Waals surface area contributed by atoms with Crippen LogP contribution in [-0.4, -0.2) is 24.6 Å². The van der Waals surface area contributed by atoms with Gasteiger partial charge in [0.2, 0.25) is 0 Å². The van der Waals surface area contributed by atoms with Crippen molar-refractivity contribution in [1.29, 1.82) is 0 Å². The highest BCUT2D eigenvalue weighted by Crippen LogP contribution is 2.16. The number of hydrogen-bond donors (Lipinski definition) is 2. The lowest BCUT2D eigenvalue weighted by Crippen LogP contribution is -2.22. The number of carbonyl (C=O) groups is 1. The number of anilines is 1. The number of nitrogens with zero attached hydrogens (tertiary/aromatic N) is 1. The zero-order valence-corrected chi connectivity index (χ0v) is 15.4. The van der Waals surface area contributed by atoms with Gasteiger partial charge < -0.3 is 20.5 Å². The number of hydrogen-bond acceptors (Lipinski definition) is 4. The van der Waals surface area contributed by atoms with Crippen LogP contribution in [0, 0.1) is 0 Å². The molecule has 0 aliphatic rings. The van der Waals surface area contributed by atoms with Gasteiger partial charge in [-0.3, -0.25) is 0 Å². The monoisotopic (exact) mass is 355 g/mol. The van der Waals surface area contributed by atoms with Gasteiger partial charge >= 0.3 is 5.97 Å². The molecule has 2 aromatic rings. The molecule has 0 fully saturated rings. The molecule has 6 heteroatoms. The summed E-state index contributed by atoms with van der Waals surface area (Å²) < 4.78 is 10.6. The molecule has 138 valence electrons. The summed E-state index contributed by atoms with van der Waals surface area (Å²) in [5.74, 6) is 0.799. The van der Waals surface area contributed by atoms with Crippen molar-refractivity contribution in [2.45, 2.75) is 33.4 Å². The number of carbonyl (C=O) groups excluding carboxylic acids is 1. The van der Waals surface area contributed by atoms with Crippen LogP contribution in [0.5, 0.6) is 5.75 Å². The van der Waals surface area contributed by atoms with Crippen LogP contribution >= 0.6 is 0 Å². The van der Waals surface area contributed by atoms with E-state index in [1.807, 2.05) is 50.2 Å². The van der Waals surface area contributed by atoms with Crippen LogP contribution in [0.25, 0.3) is 0 Å². The van der Waals surface area contributed by atoms with E-state index in [1.165, 1.54) is 0 Å². The van der Waals surface area contributed by atoms with Gasteiger partial charge in [-0.15, -0.1) is 0 Å². The quantitative estimate of drug-likeness (QED) is 0.450. The van der Waals surface area contributed by atoms with Crippen LogP contribution in [0.4, 0.5) is 5.69 Å². The van der Waals surface area contributed by atoms with E-state index < -0.39 is 0 Å². The third kappa shape index (κ3) is 6.12. The van der Waals surface area contributed by atoms with Crippen LogP contribution in [0.15, 0.2) is 53.5 Å². The number of guanidine groups is 1. The second kappa shape index (κ2) is 9.46. The average molecular weight is 355 g/mol. The average Bonchev–Trinajstić information content (AvgIpc) is 2.62. The summed E-state index contributed by atoms with van der Waals surface area (Å²) >= 11 is 0. The van der Waals surface area contributed by atoms with E-state index in [-0.39, 0.29) is 12.1 Å². The molecule has 0 radical (unpaired) electrons. The molecule has 0 saturated heterocycles. The zero-order valence-electron chi connectivity index (χ0n) is 15.4. The molecule has 0 saturated carbocycles. The van der Waals surface area contributed by atoms with Gasteiger partial charge in [0.05, 0.1) is 24.8 Å². The molecule has 6 nitrogen and oxygen atoms in total. The first-order valence-electron chi connectivity index (χ1n) is 8.57. The first-order valence-corrected chi connectivity index (χ1v) is 8.57. The minimum Gasteiger partial charge on any atom is -0.491 e. The fraction of sp³-hybridized carbons (Fsp3) is 0.300. The number of ether oxygens (including phenoxy) is 2. The maximum Gasteiger partial charge on any atom is 0.338 e. The molecule has 2 rings (SSSR count). The molecule has 0 bridgehead atoms. The summed E-state index contributed by atoms with van der Waals surface area (Å²) in [4.78, 5) is 15.9. The standard InChI is InChI=1S/C20H25N3O3/c1-4-25-19(24)16-7-5-15(6-8-16)13-22-20(21)23-17-9-11-18(12-10-17)26-14(2)3/h5-12,14H,4,13H2,1-3H3,(H3,21,22,23). The summed E-state index contributed by atoms with van der Waals surface area (Å²) in [6.07, 6.45) is 0.135. The second-order valence-electron chi connectivity index (χ2n) is 5.93. The summed E-state index contributed by atoms with van der Waals surface area (Å²) in [6.45, 7) is 6.52. The fourth-order valence-corrected chi connectivity index (χ4v) is 2.21. The van der Waals surface area contributed by atoms with E-state index in [0.717, 1.165) is 17.0 Å². The molecule has 0 unspecified atom stereocenters. The molecule has 0 atom stereocenters. The Morgan fingerprint density at radius 1 is 1.12 bits per heavy atom. The second-order valence-corrected chi connectivity index (χ2v) is 5.93. The van der Waals surface area contributed by atoms with Crippen LogP contribution in [-0.2, 0) is 11.3 Å². The maximum absolute atomic E-state index is 11.6. The lowest BCUT2D eigenvalue weighted by atomic mass is 10.1. The van der Waals surface area contributed by atoms with Gasteiger partial charge in [0, 0.05) is 5.69 Å². The summed E-state index contributed by atoms with van der Waals surface area (Å²) in [5, 5.41) is 3.04. The zero-order chi connectivity index (χ0) is 18.9. The van der Waals surface area contributed by atoms with Crippen molar-refractivity contribution >= 4 is 17.6 Å². The van der Waals surface area contributed by atoms with Crippen molar-refractivity contribution in [1.82, 2.24) is 0 Å². The number of aliphatic imine (C=N–C) groups is 1. The normalized spacial score (nSPS) is 11.3. The minimum absolute atomic E-state index is 0.135. The Morgan fingerprint density at radius 3 is 2.35 bits per heavy atom. The Kier molecular flexibility index (Phi) is 7.02. The number of nitrogens with two attached hydrogens (primary N) is 1. The van der Waals surface area contributed by atoms with Crippen molar-refractivity contribution in [2.24, 2.45) is 10.7 Å². The van der Waals surface area contributed by atoms with Crippen LogP contribution < -0.4 is 15.8 Å². The molecule has 0 aromatic heterocycles. The van der Waals surface area contributed by atoms with E-state index >= 15 is 0 Å². The number of rotatable bonds is 7. The van der Waals surface area contributed by atoms with E-state index in [2.05, 4.69) is 10.3 Å². The van der Waals surface area contributed by atoms with Gasteiger partial charge in [-0.05, 0) is 62.7 Å². The third-order valence-corrected chi connectivity index (χ3v) is 3.40. The predicted molar refractivity (Wildman–Crippen MR) is 104 cm³/mol. The SMILES string of the molecule is CCOC(=O)c1ccc(CN=C(N)Nc2ccc(OC(C)C)cc2)cc1. The van der Waals surface area contributed by atoms with Crippen LogP contribution in [0.2, 0.25) is 0 Å². The van der Waals surface area contributed by atoms with Crippen molar-refractivity contribution in [3.05, 3.63) is 59.7 Å². The van der Waals surface area contributed by atoms with Gasteiger partial charge in [0.1, 0.15) is 5.75 Å². The molecule has 0 aliphatic heterocycles. The van der Waals surface area contributed by atoms with Gasteiger partial charge in [-0.2, -0.15) is 0 Å². The van der Waals surface area contributed by atoms with Crippen molar-refractivity contribution in [3.8, 4) is 5.75 Å². The van der Waals surface area contributed by atoms with E-state index in [0.29, 0.717) is 24.7 Å². The Bertz CT molecular complexity index is 738. The number of nitrogens with one attached hydrogen (secondary N) is 1. The van der Waals surface area contributed by atoms with Gasteiger partial charge in [0.15, 0.2) is 5.96 Å². The molecule has 26 heavy (non-hydrogen) atoms. The predicted octanol–water partition coefficient (Wildman–Crippen LogP) is 3.58. The van der Waals surface area contributed by atoms with E-state index in [1.54, 1.807) is 19.1 Å². The summed E-state index contributed by atoms with van der Waals surface area (Å²) in [6, 6.07) is 14.6. The molecule has 0 aliphatic carbocycles. The van der Waals surface area contributed by atoms with Crippen LogP contribution in [0.1, 0.15) is 36.7 Å². The van der Waals surface area contributed by atoms with Crippen molar-refractivity contribution in [2.75, 3.05) is 11.9 Å². The molecule has 0 heterocycles. The van der Waals surface area contributed by atoms with Gasteiger partial charge in [-0.25, -0.2) is 9.79 Å². The summed E-state index contributed by atoms with van der Waals surface area (Å²) in [7, 11) is 0. The Labute approximate surface area is 154 Å². The van der Waals surface area contributed by atoms with Crippen molar-refractivity contribution in [3.63, 3.8) is 0 Å². The Balaban J connectivity index is 1.90. The first-order chi connectivity index (χ1) is 12.5. The van der Waals surface area contributed by atoms with Crippen molar-refractivity contribution < 1.29 is 14.3 Å². The molecular formula is C20H25N3O3. The largest absolute Gasteiger partial charge is 0.491 e. The van der Waals surface area contributed by atoms with E-state index in [9.17, 15) is 4.79 Å². The minimum atomic E-state index is -0.325. The highest BCUT2D eigenvalue weighted by Gasteiger charge is 2.05. The third-order valence-electron chi connectivity index (χ3n) is 3.40. The lowest BCUT2D eigenvalue weighted by Gasteiger charge is -2.11. The van der Waals surface area contributed by atoms with Gasteiger partial charge in [-0.1, -0.05) is 12.1 Å². The molecule has 2 aromatic carbocycles. The molecule has 3 N–H and O–H groups in total. The van der Waals surface area contributed by atoms with E-state index in [4.69, 9.17) is 15.2 Å². The smallest absolute Gasteiger partial charge is 0.338 e. The Morgan fingerprint density at radius 2 is 1.77 bits per heavy atom. The lowest BCUT2D eigenvalue weighted by molar-refractivity contribution is 0.0526. The topological polar surface area (TPSA) is 85.9 Å². The van der Waals surface area contributed by atoms with Gasteiger partial charge in [0.25, 0.3) is 0 Å². The number of esters is 1. The summed E-state index contributed by atoms with van der Waals surface area (Å²) in [5.41, 5.74) is 8.23. The number of benzene rings is 2. The molecular weight excluding hydrogens is 330 g/mol.